The van der Waals surface area contributed by atoms with Gasteiger partial charge in [-0.05, 0) is 26.0 Å². The molecule has 0 bridgehead atoms. The van der Waals surface area contributed by atoms with Crippen LogP contribution in [-0.4, -0.2) is 23.5 Å². The zero-order chi connectivity index (χ0) is 13.7. The Balaban J connectivity index is 2.90. The zero-order valence-corrected chi connectivity index (χ0v) is 11.6. The van der Waals surface area contributed by atoms with E-state index >= 15 is 0 Å². The quantitative estimate of drug-likeness (QED) is 0.513. The van der Waals surface area contributed by atoms with Gasteiger partial charge < -0.3 is 10.1 Å². The van der Waals surface area contributed by atoms with Gasteiger partial charge in [-0.25, -0.2) is 4.79 Å². The number of halogens is 1. The zero-order valence-electron chi connectivity index (χ0n) is 9.97. The summed E-state index contributed by atoms with van der Waals surface area (Å²) in [5.41, 5.74) is 0.185. The summed E-state index contributed by atoms with van der Waals surface area (Å²) in [6.07, 6.45) is 0. The van der Waals surface area contributed by atoms with Crippen molar-refractivity contribution < 1.29 is 14.5 Å². The molecule has 0 amide bonds. The van der Waals surface area contributed by atoms with Crippen LogP contribution in [0.2, 0.25) is 0 Å². The summed E-state index contributed by atoms with van der Waals surface area (Å²) >= 11 is 3.16. The van der Waals surface area contributed by atoms with Crippen LogP contribution < -0.4 is 5.32 Å². The fourth-order valence-corrected chi connectivity index (χ4v) is 1.69. The van der Waals surface area contributed by atoms with E-state index in [0.717, 1.165) is 0 Å². The van der Waals surface area contributed by atoms with Gasteiger partial charge >= 0.3 is 5.97 Å². The fourth-order valence-electron chi connectivity index (χ4n) is 1.34. The molecule has 0 fully saturated rings. The Bertz CT molecular complexity index is 464. The van der Waals surface area contributed by atoms with Crippen molar-refractivity contribution >= 4 is 33.3 Å². The number of nitrogens with zero attached hydrogens (tertiary/aromatic N) is 1. The molecule has 0 saturated heterocycles. The molecule has 6 nitrogen and oxygen atoms in total. The van der Waals surface area contributed by atoms with Crippen LogP contribution in [0.5, 0.6) is 0 Å². The SMILES string of the molecule is CCOC(=O)C(C)Nc1ccc(Br)cc1[N+](=O)[O-]. The number of nitro groups is 1. The van der Waals surface area contributed by atoms with Crippen molar-refractivity contribution in [3.63, 3.8) is 0 Å². The van der Waals surface area contributed by atoms with E-state index in [2.05, 4.69) is 21.2 Å². The molecule has 1 atom stereocenters. The van der Waals surface area contributed by atoms with Crippen molar-refractivity contribution in [2.45, 2.75) is 19.9 Å². The lowest BCUT2D eigenvalue weighted by atomic mass is 10.2. The normalized spacial score (nSPS) is 11.7. The maximum Gasteiger partial charge on any atom is 0.328 e. The number of hydrogen-bond donors (Lipinski definition) is 1. The number of nitro benzene ring substituents is 1. The van der Waals surface area contributed by atoms with Gasteiger partial charge in [0.25, 0.3) is 5.69 Å². The molecule has 0 heterocycles. The third kappa shape index (κ3) is 3.69. The molecule has 0 aliphatic heterocycles. The van der Waals surface area contributed by atoms with Crippen LogP contribution in [0.15, 0.2) is 22.7 Å². The van der Waals surface area contributed by atoms with Gasteiger partial charge in [0, 0.05) is 10.5 Å². The van der Waals surface area contributed by atoms with Crippen LogP contribution >= 0.6 is 15.9 Å². The summed E-state index contributed by atoms with van der Waals surface area (Å²) in [5, 5.41) is 13.6. The van der Waals surface area contributed by atoms with E-state index in [9.17, 15) is 14.9 Å². The first-order chi connectivity index (χ1) is 8.45. The van der Waals surface area contributed by atoms with Crippen LogP contribution in [0.4, 0.5) is 11.4 Å². The number of rotatable bonds is 5. The first kappa shape index (κ1) is 14.4. The Morgan fingerprint density at radius 3 is 2.83 bits per heavy atom. The molecular formula is C11H13BrN2O4. The monoisotopic (exact) mass is 316 g/mol. The number of carbonyl (C=O) groups excluding carboxylic acids is 1. The minimum absolute atomic E-state index is 0.0967. The van der Waals surface area contributed by atoms with E-state index in [1.165, 1.54) is 12.1 Å². The highest BCUT2D eigenvalue weighted by molar-refractivity contribution is 9.10. The van der Waals surface area contributed by atoms with Crippen molar-refractivity contribution in [3.05, 3.63) is 32.8 Å². The molecule has 1 N–H and O–H groups in total. The Labute approximate surface area is 113 Å². The van der Waals surface area contributed by atoms with Gasteiger partial charge in [-0.3, -0.25) is 10.1 Å². The maximum atomic E-state index is 11.4. The lowest BCUT2D eigenvalue weighted by Crippen LogP contribution is -2.28. The molecule has 1 rings (SSSR count). The van der Waals surface area contributed by atoms with Gasteiger partial charge in [-0.1, -0.05) is 15.9 Å². The number of ether oxygens (including phenoxy) is 1. The highest BCUT2D eigenvalue weighted by Gasteiger charge is 2.19. The summed E-state index contributed by atoms with van der Waals surface area (Å²) < 4.78 is 5.42. The maximum absolute atomic E-state index is 11.4. The van der Waals surface area contributed by atoms with Crippen molar-refractivity contribution in [1.29, 1.82) is 0 Å². The van der Waals surface area contributed by atoms with Gasteiger partial charge in [0.2, 0.25) is 0 Å². The number of esters is 1. The second-order valence-corrected chi connectivity index (χ2v) is 4.45. The van der Waals surface area contributed by atoms with Crippen LogP contribution in [-0.2, 0) is 9.53 Å². The van der Waals surface area contributed by atoms with E-state index in [4.69, 9.17) is 4.74 Å². The van der Waals surface area contributed by atoms with Gasteiger partial charge in [-0.15, -0.1) is 0 Å². The first-order valence-corrected chi connectivity index (χ1v) is 6.12. The fraction of sp³-hybridized carbons (Fsp3) is 0.364. The second-order valence-electron chi connectivity index (χ2n) is 3.54. The Kier molecular flexibility index (Phi) is 5.08. The minimum atomic E-state index is -0.648. The molecule has 0 aliphatic rings. The van der Waals surface area contributed by atoms with E-state index in [1.807, 2.05) is 0 Å². The third-order valence-corrected chi connectivity index (χ3v) is 2.66. The number of carbonyl (C=O) groups is 1. The van der Waals surface area contributed by atoms with Gasteiger partial charge in [0.15, 0.2) is 0 Å². The molecule has 98 valence electrons. The predicted octanol–water partition coefficient (Wildman–Crippen LogP) is 2.72. The second kappa shape index (κ2) is 6.34. The molecule has 0 aromatic heterocycles. The first-order valence-electron chi connectivity index (χ1n) is 5.32. The van der Waals surface area contributed by atoms with E-state index in [-0.39, 0.29) is 18.0 Å². The number of hydrogen-bond acceptors (Lipinski definition) is 5. The lowest BCUT2D eigenvalue weighted by Gasteiger charge is -2.13. The molecule has 0 spiro atoms. The number of anilines is 1. The summed E-state index contributed by atoms with van der Waals surface area (Å²) in [6.45, 7) is 3.56. The van der Waals surface area contributed by atoms with E-state index in [1.54, 1.807) is 19.9 Å². The number of nitrogens with one attached hydrogen (secondary N) is 1. The third-order valence-electron chi connectivity index (χ3n) is 2.17. The highest BCUT2D eigenvalue weighted by atomic mass is 79.9. The Hall–Kier alpha value is -1.63. The average molecular weight is 317 g/mol. The van der Waals surface area contributed by atoms with Crippen molar-refractivity contribution in [2.24, 2.45) is 0 Å². The van der Waals surface area contributed by atoms with Gasteiger partial charge in [0.1, 0.15) is 11.7 Å². The van der Waals surface area contributed by atoms with Crippen molar-refractivity contribution in [1.82, 2.24) is 0 Å². The number of benzene rings is 1. The largest absolute Gasteiger partial charge is 0.464 e. The molecule has 1 unspecified atom stereocenters. The van der Waals surface area contributed by atoms with Gasteiger partial charge in [-0.2, -0.15) is 0 Å². The Morgan fingerprint density at radius 1 is 1.61 bits per heavy atom. The average Bonchev–Trinajstić information content (AvgIpc) is 2.31. The Morgan fingerprint density at radius 2 is 2.28 bits per heavy atom. The smallest absolute Gasteiger partial charge is 0.328 e. The van der Waals surface area contributed by atoms with Crippen LogP contribution in [0.3, 0.4) is 0 Å². The molecule has 1 aromatic rings. The topological polar surface area (TPSA) is 81.5 Å². The predicted molar refractivity (Wildman–Crippen MR) is 70.5 cm³/mol. The summed E-state index contributed by atoms with van der Waals surface area (Å²) in [7, 11) is 0. The van der Waals surface area contributed by atoms with Crippen molar-refractivity contribution in [3.8, 4) is 0 Å². The molecular weight excluding hydrogens is 304 g/mol. The molecule has 1 aromatic carbocycles. The standard InChI is InChI=1S/C11H13BrN2O4/c1-3-18-11(15)7(2)13-9-5-4-8(12)6-10(9)14(16)17/h4-7,13H,3H2,1-2H3. The van der Waals surface area contributed by atoms with Crippen LogP contribution in [0, 0.1) is 10.1 Å². The lowest BCUT2D eigenvalue weighted by molar-refractivity contribution is -0.384. The minimum Gasteiger partial charge on any atom is -0.464 e. The molecule has 7 heteroatoms. The van der Waals surface area contributed by atoms with Gasteiger partial charge in [0.05, 0.1) is 11.5 Å². The molecule has 18 heavy (non-hydrogen) atoms. The van der Waals surface area contributed by atoms with Crippen LogP contribution in [0.25, 0.3) is 0 Å². The van der Waals surface area contributed by atoms with Crippen molar-refractivity contribution in [2.75, 3.05) is 11.9 Å². The highest BCUT2D eigenvalue weighted by Crippen LogP contribution is 2.28. The van der Waals surface area contributed by atoms with E-state index in [0.29, 0.717) is 4.47 Å². The summed E-state index contributed by atoms with van der Waals surface area (Å²) in [6, 6.07) is 3.93. The molecule has 0 saturated carbocycles. The molecule has 0 aliphatic carbocycles. The van der Waals surface area contributed by atoms with E-state index < -0.39 is 16.9 Å². The summed E-state index contributed by atoms with van der Waals surface area (Å²) in [5.74, 6) is -0.449. The summed E-state index contributed by atoms with van der Waals surface area (Å²) in [4.78, 5) is 21.8. The molecule has 0 radical (unpaired) electrons. The van der Waals surface area contributed by atoms with Crippen LogP contribution in [0.1, 0.15) is 13.8 Å².